The topological polar surface area (TPSA) is 47.3 Å². The summed E-state index contributed by atoms with van der Waals surface area (Å²) in [6.45, 7) is 0.703. The van der Waals surface area contributed by atoms with E-state index in [0.29, 0.717) is 23.9 Å². The number of ether oxygens (including phenoxy) is 1. The van der Waals surface area contributed by atoms with E-state index in [2.05, 4.69) is 5.10 Å². The van der Waals surface area contributed by atoms with Crippen molar-refractivity contribution in [2.75, 3.05) is 13.7 Å². The number of methoxy groups -OCH3 is 1. The molecule has 0 amide bonds. The van der Waals surface area contributed by atoms with Crippen LogP contribution in [0.4, 0.5) is 0 Å². The van der Waals surface area contributed by atoms with Crippen LogP contribution in [-0.4, -0.2) is 28.6 Å². The first-order valence-electron chi connectivity index (χ1n) is 5.68. The van der Waals surface area contributed by atoms with Crippen LogP contribution in [-0.2, 0) is 13.0 Å². The molecule has 0 saturated heterocycles. The monoisotopic (exact) mass is 266 g/mol. The Kier molecular flexibility index (Phi) is 4.23. The molecule has 0 bridgehead atoms. The predicted molar refractivity (Wildman–Crippen MR) is 70.1 cm³/mol. The molecule has 0 aliphatic heterocycles. The molecule has 1 aromatic heterocycles. The highest BCUT2D eigenvalue weighted by molar-refractivity contribution is 6.30. The minimum absolute atomic E-state index is 0.0863. The lowest BCUT2D eigenvalue weighted by Gasteiger charge is -2.08. The molecule has 4 nitrogen and oxygen atoms in total. The Balaban J connectivity index is 2.20. The molecular weight excluding hydrogens is 252 g/mol. The van der Waals surface area contributed by atoms with Crippen LogP contribution in [0.15, 0.2) is 30.5 Å². The Labute approximate surface area is 111 Å². The van der Waals surface area contributed by atoms with Gasteiger partial charge in [0.25, 0.3) is 0 Å². The quantitative estimate of drug-likeness (QED) is 0.902. The van der Waals surface area contributed by atoms with E-state index < -0.39 is 0 Å². The molecule has 0 aliphatic rings. The lowest BCUT2D eigenvalue weighted by molar-refractivity contribution is 0.295. The molecule has 18 heavy (non-hydrogen) atoms. The van der Waals surface area contributed by atoms with Crippen molar-refractivity contribution in [3.8, 4) is 5.88 Å². The molecule has 1 heterocycles. The van der Waals surface area contributed by atoms with Gasteiger partial charge in [0.2, 0.25) is 5.88 Å². The zero-order chi connectivity index (χ0) is 13.0. The molecular formula is C13H15ClN2O2. The van der Waals surface area contributed by atoms with Gasteiger partial charge < -0.3 is 9.84 Å². The third kappa shape index (κ3) is 2.83. The molecule has 0 unspecified atom stereocenters. The molecule has 1 N–H and O–H groups in total. The summed E-state index contributed by atoms with van der Waals surface area (Å²) in [5.74, 6) is 0.694. The molecule has 0 spiro atoms. The molecule has 1 aromatic carbocycles. The zero-order valence-electron chi connectivity index (χ0n) is 10.1. The fraction of sp³-hybridized carbons (Fsp3) is 0.308. The Hall–Kier alpha value is -1.52. The van der Waals surface area contributed by atoms with Crippen LogP contribution < -0.4 is 4.74 Å². The van der Waals surface area contributed by atoms with Gasteiger partial charge in [0.05, 0.1) is 19.9 Å². The first kappa shape index (κ1) is 12.9. The number of hydrogen-bond acceptors (Lipinski definition) is 3. The fourth-order valence-corrected chi connectivity index (χ4v) is 1.94. The van der Waals surface area contributed by atoms with Crippen molar-refractivity contribution >= 4 is 11.6 Å². The number of rotatable bonds is 5. The molecule has 0 atom stereocenters. The summed E-state index contributed by atoms with van der Waals surface area (Å²) in [7, 11) is 1.61. The summed E-state index contributed by atoms with van der Waals surface area (Å²) in [5.41, 5.74) is 2.00. The van der Waals surface area contributed by atoms with Crippen LogP contribution in [0.5, 0.6) is 5.88 Å². The smallest absolute Gasteiger partial charge is 0.215 e. The average molecular weight is 267 g/mol. The highest BCUT2D eigenvalue weighted by atomic mass is 35.5. The molecule has 2 aromatic rings. The van der Waals surface area contributed by atoms with Crippen molar-refractivity contribution in [3.05, 3.63) is 46.6 Å². The largest absolute Gasteiger partial charge is 0.481 e. The van der Waals surface area contributed by atoms with Crippen LogP contribution in [0.2, 0.25) is 5.02 Å². The van der Waals surface area contributed by atoms with E-state index in [-0.39, 0.29) is 6.61 Å². The molecule has 96 valence electrons. The maximum absolute atomic E-state index is 8.96. The minimum Gasteiger partial charge on any atom is -0.481 e. The normalized spacial score (nSPS) is 10.6. The van der Waals surface area contributed by atoms with Gasteiger partial charge in [-0.3, -0.25) is 0 Å². The van der Waals surface area contributed by atoms with Gasteiger partial charge in [0, 0.05) is 23.6 Å². The number of benzene rings is 1. The van der Waals surface area contributed by atoms with E-state index in [1.165, 1.54) is 0 Å². The molecule has 0 fully saturated rings. The standard InChI is InChI=1S/C13H15ClN2O2/c1-18-13-11(6-7-17)8-15-16(13)9-10-2-4-12(14)5-3-10/h2-5,8,17H,6-7,9H2,1H3. The van der Waals surface area contributed by atoms with Crippen molar-refractivity contribution in [2.24, 2.45) is 0 Å². The van der Waals surface area contributed by atoms with Crippen LogP contribution in [0.3, 0.4) is 0 Å². The van der Waals surface area contributed by atoms with E-state index in [9.17, 15) is 0 Å². The summed E-state index contributed by atoms with van der Waals surface area (Å²) in [6, 6.07) is 7.60. The van der Waals surface area contributed by atoms with Gasteiger partial charge in [-0.05, 0) is 17.7 Å². The van der Waals surface area contributed by atoms with E-state index in [4.69, 9.17) is 21.4 Å². The second-order valence-corrected chi connectivity index (χ2v) is 4.37. The fourth-order valence-electron chi connectivity index (χ4n) is 1.82. The van der Waals surface area contributed by atoms with Gasteiger partial charge in [0.1, 0.15) is 0 Å². The van der Waals surface area contributed by atoms with E-state index >= 15 is 0 Å². The van der Waals surface area contributed by atoms with Gasteiger partial charge in [0.15, 0.2) is 0 Å². The number of aromatic nitrogens is 2. The number of halogens is 1. The van der Waals surface area contributed by atoms with E-state index in [1.807, 2.05) is 24.3 Å². The predicted octanol–water partition coefficient (Wildman–Crippen LogP) is 2.13. The van der Waals surface area contributed by atoms with Crippen LogP contribution in [0.25, 0.3) is 0 Å². The molecule has 0 saturated carbocycles. The van der Waals surface area contributed by atoms with Gasteiger partial charge in [-0.25, -0.2) is 4.68 Å². The first-order valence-corrected chi connectivity index (χ1v) is 6.06. The summed E-state index contributed by atoms with van der Waals surface area (Å²) in [5, 5.41) is 13.9. The molecule has 0 radical (unpaired) electrons. The SMILES string of the molecule is COc1c(CCO)cnn1Cc1ccc(Cl)cc1. The van der Waals surface area contributed by atoms with Crippen LogP contribution in [0.1, 0.15) is 11.1 Å². The van der Waals surface area contributed by atoms with Gasteiger partial charge >= 0.3 is 0 Å². The van der Waals surface area contributed by atoms with Crippen LogP contribution in [0, 0.1) is 0 Å². The Morgan fingerprint density at radius 1 is 1.33 bits per heavy atom. The van der Waals surface area contributed by atoms with Crippen molar-refractivity contribution in [1.82, 2.24) is 9.78 Å². The Morgan fingerprint density at radius 2 is 2.06 bits per heavy atom. The number of aliphatic hydroxyl groups excluding tert-OH is 1. The first-order chi connectivity index (χ1) is 8.74. The van der Waals surface area contributed by atoms with Crippen LogP contribution >= 0.6 is 11.6 Å². The van der Waals surface area contributed by atoms with Gasteiger partial charge in [-0.15, -0.1) is 0 Å². The average Bonchev–Trinajstić information content (AvgIpc) is 2.75. The summed E-state index contributed by atoms with van der Waals surface area (Å²) in [4.78, 5) is 0. The summed E-state index contributed by atoms with van der Waals surface area (Å²) >= 11 is 5.84. The molecule has 2 rings (SSSR count). The third-order valence-corrected chi connectivity index (χ3v) is 2.93. The molecule has 5 heteroatoms. The number of nitrogens with zero attached hydrogens (tertiary/aromatic N) is 2. The summed E-state index contributed by atoms with van der Waals surface area (Å²) in [6.07, 6.45) is 2.27. The number of hydrogen-bond donors (Lipinski definition) is 1. The summed E-state index contributed by atoms with van der Waals surface area (Å²) < 4.78 is 7.10. The van der Waals surface area contributed by atoms with Gasteiger partial charge in [-0.1, -0.05) is 23.7 Å². The lowest BCUT2D eigenvalue weighted by atomic mass is 10.2. The highest BCUT2D eigenvalue weighted by Gasteiger charge is 2.10. The van der Waals surface area contributed by atoms with Crippen molar-refractivity contribution in [3.63, 3.8) is 0 Å². The maximum Gasteiger partial charge on any atom is 0.215 e. The zero-order valence-corrected chi connectivity index (χ0v) is 10.9. The second-order valence-electron chi connectivity index (χ2n) is 3.94. The Bertz CT molecular complexity index is 508. The van der Waals surface area contributed by atoms with Crippen molar-refractivity contribution in [1.29, 1.82) is 0 Å². The molecule has 0 aliphatic carbocycles. The van der Waals surface area contributed by atoms with Crippen molar-refractivity contribution in [2.45, 2.75) is 13.0 Å². The minimum atomic E-state index is 0.0863. The highest BCUT2D eigenvalue weighted by Crippen LogP contribution is 2.20. The second kappa shape index (κ2) is 5.89. The van der Waals surface area contributed by atoms with E-state index in [0.717, 1.165) is 11.1 Å². The Morgan fingerprint density at radius 3 is 2.67 bits per heavy atom. The van der Waals surface area contributed by atoms with Gasteiger partial charge in [-0.2, -0.15) is 5.10 Å². The third-order valence-electron chi connectivity index (χ3n) is 2.68. The van der Waals surface area contributed by atoms with E-state index in [1.54, 1.807) is 18.0 Å². The van der Waals surface area contributed by atoms with Crippen molar-refractivity contribution < 1.29 is 9.84 Å². The lowest BCUT2D eigenvalue weighted by Crippen LogP contribution is -2.05. The maximum atomic E-state index is 8.96. The number of aliphatic hydroxyl groups is 1.